The molecule has 0 aliphatic carbocycles. The van der Waals surface area contributed by atoms with Crippen LogP contribution in [0.4, 0.5) is 13.2 Å². The number of aliphatic carboxylic acids is 1. The minimum absolute atomic E-state index is 0.226. The van der Waals surface area contributed by atoms with Gasteiger partial charge in [0.05, 0.1) is 6.54 Å². The summed E-state index contributed by atoms with van der Waals surface area (Å²) >= 11 is 0. The molecule has 5 nitrogen and oxygen atoms in total. The van der Waals surface area contributed by atoms with Gasteiger partial charge in [0.1, 0.15) is 0 Å². The Balaban J connectivity index is 0.000000293. The molecule has 1 aliphatic rings. The van der Waals surface area contributed by atoms with Gasteiger partial charge in [-0.2, -0.15) is 13.2 Å². The van der Waals surface area contributed by atoms with E-state index in [1.165, 1.54) is 0 Å². The Labute approximate surface area is 90.2 Å². The number of amides is 1. The van der Waals surface area contributed by atoms with Gasteiger partial charge < -0.3 is 15.3 Å². The zero-order valence-electron chi connectivity index (χ0n) is 8.67. The van der Waals surface area contributed by atoms with Gasteiger partial charge in [0.2, 0.25) is 5.91 Å². The maximum atomic E-state index is 10.9. The number of carboxylic acids is 1. The van der Waals surface area contributed by atoms with Crippen LogP contribution in [-0.4, -0.2) is 54.2 Å². The van der Waals surface area contributed by atoms with Crippen molar-refractivity contribution in [1.29, 1.82) is 0 Å². The van der Waals surface area contributed by atoms with Gasteiger partial charge in [0, 0.05) is 19.6 Å². The molecule has 0 saturated carbocycles. The van der Waals surface area contributed by atoms with Crippen molar-refractivity contribution in [2.75, 3.05) is 26.2 Å². The largest absolute Gasteiger partial charge is 0.490 e. The highest BCUT2D eigenvalue weighted by Gasteiger charge is 2.38. The molecular weight excluding hydrogens is 229 g/mol. The van der Waals surface area contributed by atoms with Crippen LogP contribution in [0.2, 0.25) is 0 Å². The van der Waals surface area contributed by atoms with Crippen molar-refractivity contribution in [3.8, 4) is 0 Å². The van der Waals surface area contributed by atoms with Crippen molar-refractivity contribution < 1.29 is 27.9 Å². The third-order valence-corrected chi connectivity index (χ3v) is 1.81. The number of nitrogens with zero attached hydrogens (tertiary/aromatic N) is 1. The number of alkyl halides is 3. The number of carbonyl (C=O) groups is 2. The molecule has 1 aliphatic heterocycles. The van der Waals surface area contributed by atoms with Gasteiger partial charge in [0.25, 0.3) is 0 Å². The van der Waals surface area contributed by atoms with Gasteiger partial charge in [-0.05, 0) is 6.92 Å². The second kappa shape index (κ2) is 6.31. The standard InChI is InChI=1S/C6H12N2O.C2HF3O2/c1-2-8-4-3-7-5-6(8)9;3-2(4,5)1(6)7/h7H,2-5H2,1H3;(H,6,7). The van der Waals surface area contributed by atoms with E-state index in [2.05, 4.69) is 5.32 Å². The van der Waals surface area contributed by atoms with Crippen LogP contribution in [0, 0.1) is 0 Å². The van der Waals surface area contributed by atoms with E-state index >= 15 is 0 Å². The highest BCUT2D eigenvalue weighted by Crippen LogP contribution is 2.13. The van der Waals surface area contributed by atoms with E-state index < -0.39 is 12.1 Å². The maximum Gasteiger partial charge on any atom is 0.490 e. The van der Waals surface area contributed by atoms with Crippen LogP contribution >= 0.6 is 0 Å². The first-order chi connectivity index (χ1) is 7.29. The SMILES string of the molecule is CCN1CCNCC1=O.O=C(O)C(F)(F)F. The minimum Gasteiger partial charge on any atom is -0.475 e. The lowest BCUT2D eigenvalue weighted by Gasteiger charge is -2.25. The van der Waals surface area contributed by atoms with E-state index in [0.717, 1.165) is 19.6 Å². The summed E-state index contributed by atoms with van der Waals surface area (Å²) in [5, 5.41) is 10.1. The summed E-state index contributed by atoms with van der Waals surface area (Å²) in [4.78, 5) is 21.6. The molecule has 1 saturated heterocycles. The van der Waals surface area contributed by atoms with Crippen molar-refractivity contribution in [2.45, 2.75) is 13.1 Å². The van der Waals surface area contributed by atoms with Gasteiger partial charge >= 0.3 is 12.1 Å². The summed E-state index contributed by atoms with van der Waals surface area (Å²) in [6.45, 7) is 5.19. The summed E-state index contributed by atoms with van der Waals surface area (Å²) in [7, 11) is 0. The van der Waals surface area contributed by atoms with E-state index in [0.29, 0.717) is 6.54 Å². The topological polar surface area (TPSA) is 69.6 Å². The quantitative estimate of drug-likeness (QED) is 0.682. The van der Waals surface area contributed by atoms with Gasteiger partial charge in [0.15, 0.2) is 0 Å². The molecule has 0 aromatic heterocycles. The number of piperazine rings is 1. The van der Waals surface area contributed by atoms with Crippen molar-refractivity contribution in [3.05, 3.63) is 0 Å². The zero-order chi connectivity index (χ0) is 12.8. The van der Waals surface area contributed by atoms with Gasteiger partial charge in [-0.3, -0.25) is 4.79 Å². The van der Waals surface area contributed by atoms with Crippen molar-refractivity contribution in [3.63, 3.8) is 0 Å². The highest BCUT2D eigenvalue weighted by molar-refractivity contribution is 5.78. The Hall–Kier alpha value is -1.31. The van der Waals surface area contributed by atoms with E-state index in [-0.39, 0.29) is 5.91 Å². The van der Waals surface area contributed by atoms with Gasteiger partial charge in [-0.25, -0.2) is 4.79 Å². The maximum absolute atomic E-state index is 10.9. The summed E-state index contributed by atoms with van der Waals surface area (Å²) in [5.41, 5.74) is 0. The van der Waals surface area contributed by atoms with Crippen molar-refractivity contribution in [2.24, 2.45) is 0 Å². The fraction of sp³-hybridized carbons (Fsp3) is 0.750. The third kappa shape index (κ3) is 5.54. The number of likely N-dealkylation sites (N-methyl/N-ethyl adjacent to an activating group) is 1. The molecule has 1 fully saturated rings. The average Bonchev–Trinajstić information content (AvgIpc) is 2.18. The fourth-order valence-electron chi connectivity index (χ4n) is 0.980. The zero-order valence-corrected chi connectivity index (χ0v) is 8.67. The number of rotatable bonds is 1. The van der Waals surface area contributed by atoms with E-state index in [1.54, 1.807) is 0 Å². The van der Waals surface area contributed by atoms with Crippen molar-refractivity contribution in [1.82, 2.24) is 10.2 Å². The first kappa shape index (κ1) is 14.7. The summed E-state index contributed by atoms with van der Waals surface area (Å²) in [6.07, 6.45) is -5.08. The molecule has 0 aromatic rings. The molecule has 0 bridgehead atoms. The lowest BCUT2D eigenvalue weighted by Crippen LogP contribution is -2.47. The van der Waals surface area contributed by atoms with Gasteiger partial charge in [-0.1, -0.05) is 0 Å². The van der Waals surface area contributed by atoms with E-state index in [4.69, 9.17) is 9.90 Å². The predicted octanol–water partition coefficient (Wildman–Crippen LogP) is 0.0714. The number of carboxylic acid groups (broad SMARTS) is 1. The number of nitrogens with one attached hydrogen (secondary N) is 1. The van der Waals surface area contributed by atoms with Crippen LogP contribution in [-0.2, 0) is 9.59 Å². The Bertz CT molecular complexity index is 255. The minimum atomic E-state index is -5.08. The number of carbonyl (C=O) groups excluding carboxylic acids is 1. The van der Waals surface area contributed by atoms with Crippen molar-refractivity contribution >= 4 is 11.9 Å². The van der Waals surface area contributed by atoms with Crippen LogP contribution in [0.5, 0.6) is 0 Å². The summed E-state index contributed by atoms with van der Waals surface area (Å²) < 4.78 is 31.7. The van der Waals surface area contributed by atoms with Crippen LogP contribution < -0.4 is 5.32 Å². The molecule has 0 radical (unpaired) electrons. The van der Waals surface area contributed by atoms with E-state index in [1.807, 2.05) is 11.8 Å². The fourth-order valence-corrected chi connectivity index (χ4v) is 0.980. The van der Waals surface area contributed by atoms with Crippen LogP contribution in [0.15, 0.2) is 0 Å². The first-order valence-corrected chi connectivity index (χ1v) is 4.57. The van der Waals surface area contributed by atoms with Crippen LogP contribution in [0.25, 0.3) is 0 Å². The molecule has 2 N–H and O–H groups in total. The third-order valence-electron chi connectivity index (χ3n) is 1.81. The molecule has 94 valence electrons. The van der Waals surface area contributed by atoms with Crippen LogP contribution in [0.1, 0.15) is 6.92 Å². The molecule has 1 amide bonds. The Morgan fingerprint density at radius 1 is 1.56 bits per heavy atom. The monoisotopic (exact) mass is 242 g/mol. The average molecular weight is 242 g/mol. The second-order valence-electron chi connectivity index (χ2n) is 2.95. The number of halogens is 3. The lowest BCUT2D eigenvalue weighted by atomic mass is 10.3. The molecule has 0 aromatic carbocycles. The Morgan fingerprint density at radius 3 is 2.31 bits per heavy atom. The Kier molecular flexibility index (Phi) is 5.79. The highest BCUT2D eigenvalue weighted by atomic mass is 19.4. The normalized spacial score (nSPS) is 16.5. The summed E-state index contributed by atoms with van der Waals surface area (Å²) in [5.74, 6) is -2.53. The molecule has 1 rings (SSSR count). The smallest absolute Gasteiger partial charge is 0.475 e. The molecule has 0 spiro atoms. The number of hydrogen-bond acceptors (Lipinski definition) is 3. The molecule has 0 atom stereocenters. The second-order valence-corrected chi connectivity index (χ2v) is 2.95. The lowest BCUT2D eigenvalue weighted by molar-refractivity contribution is -0.192. The molecule has 16 heavy (non-hydrogen) atoms. The predicted molar refractivity (Wildman–Crippen MR) is 48.8 cm³/mol. The molecular formula is C8H13F3N2O3. The molecule has 1 heterocycles. The van der Waals surface area contributed by atoms with Crippen LogP contribution in [0.3, 0.4) is 0 Å². The van der Waals surface area contributed by atoms with Gasteiger partial charge in [-0.15, -0.1) is 0 Å². The number of hydrogen-bond donors (Lipinski definition) is 2. The molecule has 0 unspecified atom stereocenters. The summed E-state index contributed by atoms with van der Waals surface area (Å²) in [6, 6.07) is 0. The molecule has 8 heteroatoms. The Morgan fingerprint density at radius 2 is 2.06 bits per heavy atom. The first-order valence-electron chi connectivity index (χ1n) is 4.57. The van der Waals surface area contributed by atoms with E-state index in [9.17, 15) is 18.0 Å².